The van der Waals surface area contributed by atoms with E-state index in [2.05, 4.69) is 48.6 Å². The van der Waals surface area contributed by atoms with Crippen molar-refractivity contribution in [3.63, 3.8) is 0 Å². The van der Waals surface area contributed by atoms with Crippen LogP contribution in [0.15, 0.2) is 24.3 Å². The second-order valence-corrected chi connectivity index (χ2v) is 6.30. The highest BCUT2D eigenvalue weighted by Crippen LogP contribution is 2.29. The number of hydrogen-bond acceptors (Lipinski definition) is 3. The van der Waals surface area contributed by atoms with E-state index in [4.69, 9.17) is 0 Å². The fraction of sp³-hybridized carbons (Fsp3) is 0.647. The van der Waals surface area contributed by atoms with Gasteiger partial charge in [0.15, 0.2) is 0 Å². The lowest BCUT2D eigenvalue weighted by molar-refractivity contribution is 0.141. The van der Waals surface area contributed by atoms with E-state index in [0.717, 1.165) is 13.1 Å². The minimum Gasteiger partial charge on any atom is -0.396 e. The molecule has 1 saturated carbocycles. The first-order valence-corrected chi connectivity index (χ1v) is 7.77. The van der Waals surface area contributed by atoms with Gasteiger partial charge in [-0.05, 0) is 56.5 Å². The molecule has 0 amide bonds. The Bertz CT molecular complexity index is 388. The maximum atomic E-state index is 9.45. The van der Waals surface area contributed by atoms with Gasteiger partial charge >= 0.3 is 0 Å². The predicted octanol–water partition coefficient (Wildman–Crippen LogP) is 2.96. The third-order valence-electron chi connectivity index (χ3n) is 4.32. The van der Waals surface area contributed by atoms with E-state index in [0.29, 0.717) is 18.4 Å². The molecule has 20 heavy (non-hydrogen) atoms. The Morgan fingerprint density at radius 1 is 1.10 bits per heavy atom. The van der Waals surface area contributed by atoms with Crippen molar-refractivity contribution in [3.05, 3.63) is 29.8 Å². The molecule has 1 aliphatic rings. The molecule has 2 rings (SSSR count). The monoisotopic (exact) mass is 276 g/mol. The molecule has 0 aromatic heterocycles. The van der Waals surface area contributed by atoms with Crippen LogP contribution < -0.4 is 5.32 Å². The molecule has 2 N–H and O–H groups in total. The van der Waals surface area contributed by atoms with E-state index >= 15 is 0 Å². The third-order valence-corrected chi connectivity index (χ3v) is 4.32. The molecule has 0 aliphatic heterocycles. The number of rotatable bonds is 6. The minimum atomic E-state index is 0.341. The molecule has 1 aromatic rings. The molecule has 0 saturated heterocycles. The Morgan fingerprint density at radius 3 is 2.35 bits per heavy atom. The molecule has 1 aromatic carbocycles. The Balaban J connectivity index is 1.83. The van der Waals surface area contributed by atoms with Crippen LogP contribution in [0.2, 0.25) is 0 Å². The molecular formula is C17H28N2O. The topological polar surface area (TPSA) is 35.5 Å². The Hall–Kier alpha value is -1.06. The Kier molecular flexibility index (Phi) is 5.86. The third kappa shape index (κ3) is 4.50. The molecule has 0 radical (unpaired) electrons. The van der Waals surface area contributed by atoms with Gasteiger partial charge in [0.05, 0.1) is 0 Å². The number of nitrogens with zero attached hydrogens (tertiary/aromatic N) is 1. The van der Waals surface area contributed by atoms with Crippen LogP contribution in [-0.2, 0) is 6.54 Å². The normalized spacial score (nSPS) is 23.0. The van der Waals surface area contributed by atoms with E-state index in [1.165, 1.54) is 36.9 Å². The molecule has 2 atom stereocenters. The van der Waals surface area contributed by atoms with Crippen molar-refractivity contribution < 1.29 is 5.11 Å². The lowest BCUT2D eigenvalue weighted by Gasteiger charge is -2.30. The number of benzene rings is 1. The highest BCUT2D eigenvalue weighted by molar-refractivity contribution is 5.44. The molecule has 1 aliphatic carbocycles. The molecule has 112 valence electrons. The van der Waals surface area contributed by atoms with Crippen molar-refractivity contribution in [2.75, 3.05) is 32.6 Å². The van der Waals surface area contributed by atoms with Gasteiger partial charge in [-0.3, -0.25) is 0 Å². The Morgan fingerprint density at radius 2 is 1.75 bits per heavy atom. The van der Waals surface area contributed by atoms with Crippen molar-refractivity contribution >= 4 is 5.69 Å². The first-order chi connectivity index (χ1) is 9.69. The molecule has 3 nitrogen and oxygen atoms in total. The van der Waals surface area contributed by atoms with Crippen LogP contribution in [0.3, 0.4) is 0 Å². The summed E-state index contributed by atoms with van der Waals surface area (Å²) in [5.41, 5.74) is 2.53. The molecule has 0 heterocycles. The quantitative estimate of drug-likeness (QED) is 0.838. The molecule has 2 unspecified atom stereocenters. The van der Waals surface area contributed by atoms with Gasteiger partial charge in [0, 0.05) is 25.4 Å². The van der Waals surface area contributed by atoms with Crippen molar-refractivity contribution in [2.24, 2.45) is 11.8 Å². The van der Waals surface area contributed by atoms with Gasteiger partial charge in [0.1, 0.15) is 0 Å². The summed E-state index contributed by atoms with van der Waals surface area (Å²) < 4.78 is 0. The zero-order valence-corrected chi connectivity index (χ0v) is 12.8. The summed E-state index contributed by atoms with van der Waals surface area (Å²) in [4.78, 5) is 2.18. The van der Waals surface area contributed by atoms with Gasteiger partial charge in [-0.2, -0.15) is 0 Å². The van der Waals surface area contributed by atoms with Gasteiger partial charge in [0.25, 0.3) is 0 Å². The SMILES string of the molecule is CN(C)Cc1ccc(NCC2CCCCC2CO)cc1. The minimum absolute atomic E-state index is 0.341. The number of aliphatic hydroxyl groups excluding tert-OH is 1. The van der Waals surface area contributed by atoms with Gasteiger partial charge in [-0.1, -0.05) is 25.0 Å². The van der Waals surface area contributed by atoms with Crippen molar-refractivity contribution in [2.45, 2.75) is 32.2 Å². The lowest BCUT2D eigenvalue weighted by atomic mass is 9.79. The summed E-state index contributed by atoms with van der Waals surface area (Å²) in [5.74, 6) is 1.11. The van der Waals surface area contributed by atoms with Crippen LogP contribution in [0.1, 0.15) is 31.2 Å². The van der Waals surface area contributed by atoms with E-state index in [-0.39, 0.29) is 0 Å². The second-order valence-electron chi connectivity index (χ2n) is 6.30. The van der Waals surface area contributed by atoms with Crippen LogP contribution in [0.25, 0.3) is 0 Å². The largest absolute Gasteiger partial charge is 0.396 e. The van der Waals surface area contributed by atoms with Gasteiger partial charge < -0.3 is 15.3 Å². The van der Waals surface area contributed by atoms with Crippen LogP contribution in [0.5, 0.6) is 0 Å². The van der Waals surface area contributed by atoms with E-state index < -0.39 is 0 Å². The van der Waals surface area contributed by atoms with Crippen LogP contribution in [-0.4, -0.2) is 37.3 Å². The van der Waals surface area contributed by atoms with Crippen molar-refractivity contribution in [1.82, 2.24) is 4.90 Å². The number of aliphatic hydroxyl groups is 1. The van der Waals surface area contributed by atoms with E-state index in [1.54, 1.807) is 0 Å². The molecule has 0 bridgehead atoms. The first kappa shape index (κ1) is 15.3. The predicted molar refractivity (Wildman–Crippen MR) is 84.9 cm³/mol. The first-order valence-electron chi connectivity index (χ1n) is 7.77. The van der Waals surface area contributed by atoms with E-state index in [9.17, 15) is 5.11 Å². The molecular weight excluding hydrogens is 248 g/mol. The van der Waals surface area contributed by atoms with Crippen molar-refractivity contribution in [1.29, 1.82) is 0 Å². The second kappa shape index (κ2) is 7.65. The molecule has 0 spiro atoms. The summed E-state index contributed by atoms with van der Waals surface area (Å²) in [5, 5.41) is 13.0. The van der Waals surface area contributed by atoms with Crippen LogP contribution >= 0.6 is 0 Å². The molecule has 1 fully saturated rings. The maximum absolute atomic E-state index is 9.45. The summed E-state index contributed by atoms with van der Waals surface area (Å²) in [6.07, 6.45) is 5.02. The zero-order chi connectivity index (χ0) is 14.4. The van der Waals surface area contributed by atoms with Gasteiger partial charge in [0.2, 0.25) is 0 Å². The number of nitrogens with one attached hydrogen (secondary N) is 1. The summed E-state index contributed by atoms with van der Waals surface area (Å²) in [6.45, 7) is 2.31. The molecule has 3 heteroatoms. The highest BCUT2D eigenvalue weighted by Gasteiger charge is 2.23. The zero-order valence-electron chi connectivity index (χ0n) is 12.8. The summed E-state index contributed by atoms with van der Waals surface area (Å²) in [7, 11) is 4.18. The smallest absolute Gasteiger partial charge is 0.0462 e. The van der Waals surface area contributed by atoms with Crippen LogP contribution in [0.4, 0.5) is 5.69 Å². The average Bonchev–Trinajstić information content (AvgIpc) is 2.46. The number of anilines is 1. The average molecular weight is 276 g/mol. The lowest BCUT2D eigenvalue weighted by Crippen LogP contribution is -2.28. The van der Waals surface area contributed by atoms with E-state index in [1.807, 2.05) is 0 Å². The number of hydrogen-bond donors (Lipinski definition) is 2. The fourth-order valence-corrected chi connectivity index (χ4v) is 3.14. The summed E-state index contributed by atoms with van der Waals surface area (Å²) in [6, 6.07) is 8.70. The Labute approximate surface area is 123 Å². The van der Waals surface area contributed by atoms with Crippen molar-refractivity contribution in [3.8, 4) is 0 Å². The highest BCUT2D eigenvalue weighted by atomic mass is 16.3. The maximum Gasteiger partial charge on any atom is 0.0462 e. The van der Waals surface area contributed by atoms with Gasteiger partial charge in [-0.15, -0.1) is 0 Å². The van der Waals surface area contributed by atoms with Gasteiger partial charge in [-0.25, -0.2) is 0 Å². The summed E-state index contributed by atoms with van der Waals surface area (Å²) >= 11 is 0. The fourth-order valence-electron chi connectivity index (χ4n) is 3.14. The standard InChI is InChI=1S/C17H28N2O/c1-19(2)12-14-7-9-17(10-8-14)18-11-15-5-3-4-6-16(15)13-20/h7-10,15-16,18,20H,3-6,11-13H2,1-2H3. The van der Waals surface area contributed by atoms with Crippen LogP contribution in [0, 0.1) is 11.8 Å².